The van der Waals surface area contributed by atoms with Gasteiger partial charge in [-0.1, -0.05) is 0 Å². The molecule has 4 rings (SSSR count). The second-order valence-electron chi connectivity index (χ2n) is 7.21. The molecule has 0 radical (unpaired) electrons. The molecule has 26 heavy (non-hydrogen) atoms. The van der Waals surface area contributed by atoms with Gasteiger partial charge in [-0.05, 0) is 33.3 Å². The molecule has 0 saturated carbocycles. The van der Waals surface area contributed by atoms with Gasteiger partial charge in [-0.2, -0.15) is 5.10 Å². The normalized spacial score (nSPS) is 21.2. The van der Waals surface area contributed by atoms with Crippen LogP contribution in [0.4, 0.5) is 0 Å². The number of nitrogens with one attached hydrogen (secondary N) is 1. The van der Waals surface area contributed by atoms with E-state index in [1.807, 2.05) is 31.7 Å². The van der Waals surface area contributed by atoms with Gasteiger partial charge in [0.15, 0.2) is 5.65 Å². The number of carbonyl (C=O) groups excluding carboxylic acids is 1. The van der Waals surface area contributed by atoms with E-state index in [4.69, 9.17) is 0 Å². The predicted octanol–water partition coefficient (Wildman–Crippen LogP) is 1.20. The maximum absolute atomic E-state index is 13.2. The van der Waals surface area contributed by atoms with Crippen molar-refractivity contribution in [1.82, 2.24) is 29.7 Å². The molecule has 4 heterocycles. The zero-order chi connectivity index (χ0) is 17.6. The number of aryl methyl sites for hydroxylation is 3. The molecule has 2 aliphatic heterocycles. The molecule has 2 aromatic rings. The molecule has 0 aliphatic carbocycles. The van der Waals surface area contributed by atoms with Crippen molar-refractivity contribution in [3.8, 4) is 0 Å². The number of hydrogen-bond donors (Lipinski definition) is 1. The average molecular weight is 379 g/mol. The van der Waals surface area contributed by atoms with Crippen LogP contribution in [-0.4, -0.2) is 75.6 Å². The van der Waals surface area contributed by atoms with Crippen LogP contribution in [0.25, 0.3) is 5.65 Å². The van der Waals surface area contributed by atoms with E-state index < -0.39 is 0 Å². The Hall–Kier alpha value is -1.70. The minimum absolute atomic E-state index is 0. The van der Waals surface area contributed by atoms with Crippen molar-refractivity contribution >= 4 is 24.0 Å². The van der Waals surface area contributed by atoms with E-state index in [0.717, 1.165) is 62.8 Å². The topological polar surface area (TPSA) is 65.8 Å². The van der Waals surface area contributed by atoms with Gasteiger partial charge in [0, 0.05) is 56.7 Å². The van der Waals surface area contributed by atoms with E-state index in [-0.39, 0.29) is 18.3 Å². The number of carbonyl (C=O) groups is 1. The molecule has 1 N–H and O–H groups in total. The van der Waals surface area contributed by atoms with Crippen molar-refractivity contribution in [1.29, 1.82) is 0 Å². The maximum Gasteiger partial charge on any atom is 0.259 e. The average Bonchev–Trinajstić information content (AvgIpc) is 3.20. The molecular formula is C18H27ClN6O. The highest BCUT2D eigenvalue weighted by Gasteiger charge is 2.33. The zero-order valence-electron chi connectivity index (χ0n) is 15.7. The monoisotopic (exact) mass is 378 g/mol. The number of piperazine rings is 1. The lowest BCUT2D eigenvalue weighted by atomic mass is 10.2. The highest BCUT2D eigenvalue weighted by molar-refractivity contribution is 6.01. The summed E-state index contributed by atoms with van der Waals surface area (Å²) in [5.74, 6) is 0.0719. The van der Waals surface area contributed by atoms with Crippen LogP contribution in [-0.2, 0) is 0 Å². The molecule has 1 amide bonds. The van der Waals surface area contributed by atoms with Gasteiger partial charge in [-0.25, -0.2) is 9.50 Å². The van der Waals surface area contributed by atoms with Crippen LogP contribution in [0, 0.1) is 20.8 Å². The van der Waals surface area contributed by atoms with Crippen LogP contribution >= 0.6 is 12.4 Å². The Balaban J connectivity index is 0.00000196. The molecule has 1 atom stereocenters. The minimum Gasteiger partial charge on any atom is -0.337 e. The first kappa shape index (κ1) is 19.1. The van der Waals surface area contributed by atoms with Crippen molar-refractivity contribution in [2.75, 3.05) is 39.3 Å². The lowest BCUT2D eigenvalue weighted by molar-refractivity contribution is 0.0774. The van der Waals surface area contributed by atoms with E-state index in [9.17, 15) is 4.79 Å². The van der Waals surface area contributed by atoms with Gasteiger partial charge in [0.05, 0.1) is 5.69 Å². The Morgan fingerprint density at radius 1 is 1.19 bits per heavy atom. The molecular weight excluding hydrogens is 352 g/mol. The first-order valence-corrected chi connectivity index (χ1v) is 9.12. The van der Waals surface area contributed by atoms with E-state index in [1.165, 1.54) is 0 Å². The quantitative estimate of drug-likeness (QED) is 0.850. The van der Waals surface area contributed by atoms with Crippen molar-refractivity contribution in [2.45, 2.75) is 33.2 Å². The Morgan fingerprint density at radius 3 is 2.65 bits per heavy atom. The predicted molar refractivity (Wildman–Crippen MR) is 103 cm³/mol. The molecule has 2 fully saturated rings. The number of nitrogens with zero attached hydrogens (tertiary/aromatic N) is 5. The third kappa shape index (κ3) is 3.31. The lowest BCUT2D eigenvalue weighted by Crippen LogP contribution is -2.49. The van der Waals surface area contributed by atoms with Crippen LogP contribution < -0.4 is 5.32 Å². The summed E-state index contributed by atoms with van der Waals surface area (Å²) in [6.45, 7) is 11.7. The van der Waals surface area contributed by atoms with Gasteiger partial charge in [-0.3, -0.25) is 9.69 Å². The van der Waals surface area contributed by atoms with Gasteiger partial charge in [-0.15, -0.1) is 12.4 Å². The summed E-state index contributed by atoms with van der Waals surface area (Å²) < 4.78 is 1.79. The summed E-state index contributed by atoms with van der Waals surface area (Å²) in [6.07, 6.45) is 1.05. The van der Waals surface area contributed by atoms with Gasteiger partial charge < -0.3 is 10.2 Å². The van der Waals surface area contributed by atoms with Crippen LogP contribution in [0.1, 0.15) is 33.9 Å². The highest BCUT2D eigenvalue weighted by Crippen LogP contribution is 2.23. The Bertz CT molecular complexity index is 814. The first-order chi connectivity index (χ1) is 12.0. The van der Waals surface area contributed by atoms with Gasteiger partial charge in [0.25, 0.3) is 5.91 Å². The third-order valence-corrected chi connectivity index (χ3v) is 5.40. The molecule has 2 aromatic heterocycles. The number of aromatic nitrogens is 3. The molecule has 0 bridgehead atoms. The second-order valence-corrected chi connectivity index (χ2v) is 7.21. The molecule has 0 spiro atoms. The summed E-state index contributed by atoms with van der Waals surface area (Å²) >= 11 is 0. The Labute approximate surface area is 160 Å². The summed E-state index contributed by atoms with van der Waals surface area (Å²) in [4.78, 5) is 22.3. The van der Waals surface area contributed by atoms with Crippen molar-refractivity contribution in [3.63, 3.8) is 0 Å². The van der Waals surface area contributed by atoms with Crippen molar-refractivity contribution < 1.29 is 4.79 Å². The van der Waals surface area contributed by atoms with E-state index >= 15 is 0 Å². The van der Waals surface area contributed by atoms with Gasteiger partial charge >= 0.3 is 0 Å². The van der Waals surface area contributed by atoms with Crippen LogP contribution in [0.3, 0.4) is 0 Å². The molecule has 2 aliphatic rings. The third-order valence-electron chi connectivity index (χ3n) is 5.40. The zero-order valence-corrected chi connectivity index (χ0v) is 16.5. The standard InChI is InChI=1S/C18H26N6O.ClH/c1-12-10-13(2)24-17(20-12)16(14(3)21-24)18(25)23-7-4-15(11-23)22-8-5-19-6-9-22;/h10,15,19H,4-9,11H2,1-3H3;1H. The van der Waals surface area contributed by atoms with Crippen LogP contribution in [0.2, 0.25) is 0 Å². The minimum atomic E-state index is 0. The largest absolute Gasteiger partial charge is 0.337 e. The first-order valence-electron chi connectivity index (χ1n) is 9.12. The smallest absolute Gasteiger partial charge is 0.259 e. The summed E-state index contributed by atoms with van der Waals surface area (Å²) in [5.41, 5.74) is 4.03. The van der Waals surface area contributed by atoms with Crippen molar-refractivity contribution in [3.05, 3.63) is 28.7 Å². The summed E-state index contributed by atoms with van der Waals surface area (Å²) in [5, 5.41) is 7.93. The fourth-order valence-corrected chi connectivity index (χ4v) is 4.11. The maximum atomic E-state index is 13.2. The number of hydrogen-bond acceptors (Lipinski definition) is 5. The summed E-state index contributed by atoms with van der Waals surface area (Å²) in [6, 6.07) is 2.47. The Kier molecular flexibility index (Phi) is 5.50. The van der Waals surface area contributed by atoms with Crippen molar-refractivity contribution in [2.24, 2.45) is 0 Å². The van der Waals surface area contributed by atoms with E-state index in [2.05, 4.69) is 20.3 Å². The fraction of sp³-hybridized carbons (Fsp3) is 0.611. The molecule has 2 saturated heterocycles. The van der Waals surface area contributed by atoms with E-state index in [0.29, 0.717) is 17.3 Å². The SMILES string of the molecule is Cc1cc(C)n2nc(C)c(C(=O)N3CCC(N4CCNCC4)C3)c2n1.Cl. The van der Waals surface area contributed by atoms with Crippen LogP contribution in [0.5, 0.6) is 0 Å². The fourth-order valence-electron chi connectivity index (χ4n) is 4.11. The number of amides is 1. The molecule has 7 nitrogen and oxygen atoms in total. The number of fused-ring (bicyclic) bond motifs is 1. The number of rotatable bonds is 2. The lowest BCUT2D eigenvalue weighted by Gasteiger charge is -2.32. The van der Waals surface area contributed by atoms with Crippen LogP contribution in [0.15, 0.2) is 6.07 Å². The van der Waals surface area contributed by atoms with Gasteiger partial charge in [0.2, 0.25) is 0 Å². The molecule has 142 valence electrons. The Morgan fingerprint density at radius 2 is 1.92 bits per heavy atom. The number of halogens is 1. The van der Waals surface area contributed by atoms with Gasteiger partial charge in [0.1, 0.15) is 5.56 Å². The highest BCUT2D eigenvalue weighted by atomic mass is 35.5. The second kappa shape index (κ2) is 7.50. The summed E-state index contributed by atoms with van der Waals surface area (Å²) in [7, 11) is 0. The molecule has 0 aromatic carbocycles. The molecule has 8 heteroatoms. The number of likely N-dealkylation sites (tertiary alicyclic amines) is 1. The van der Waals surface area contributed by atoms with E-state index in [1.54, 1.807) is 4.52 Å². The molecule has 1 unspecified atom stereocenters.